The minimum atomic E-state index is -0.871. The zero-order chi connectivity index (χ0) is 16.6. The van der Waals surface area contributed by atoms with E-state index < -0.39 is 5.97 Å². The van der Waals surface area contributed by atoms with Crippen LogP contribution in [0.15, 0.2) is 12.1 Å². The minimum Gasteiger partial charge on any atom is -0.481 e. The number of aromatic nitrogens is 1. The fourth-order valence-electron chi connectivity index (χ4n) is 2.78. The molecular weight excluding hydrogens is 356 g/mol. The highest BCUT2D eigenvalue weighted by Gasteiger charge is 2.33. The van der Waals surface area contributed by atoms with Gasteiger partial charge in [-0.2, -0.15) is 0 Å². The van der Waals surface area contributed by atoms with Crippen LogP contribution in [0, 0.1) is 6.92 Å². The van der Waals surface area contributed by atoms with Gasteiger partial charge in [-0.25, -0.2) is 4.98 Å². The van der Waals surface area contributed by atoms with Crippen LogP contribution >= 0.6 is 34.3 Å². The highest BCUT2D eigenvalue weighted by atomic mass is 35.5. The maximum absolute atomic E-state index is 12.8. The molecule has 2 aromatic heterocycles. The lowest BCUT2D eigenvalue weighted by Gasteiger charge is -2.22. The molecule has 122 valence electrons. The van der Waals surface area contributed by atoms with Crippen molar-refractivity contribution in [1.29, 1.82) is 0 Å². The molecule has 3 rings (SSSR count). The highest BCUT2D eigenvalue weighted by molar-refractivity contribution is 7.24. The predicted molar refractivity (Wildman–Crippen MR) is 91.5 cm³/mol. The quantitative estimate of drug-likeness (QED) is 0.885. The molecular formula is C15H15ClN2O3S2. The third-order valence-electron chi connectivity index (χ3n) is 3.82. The van der Waals surface area contributed by atoms with Crippen LogP contribution in [0.25, 0.3) is 9.88 Å². The number of carbonyl (C=O) groups is 2. The van der Waals surface area contributed by atoms with Crippen molar-refractivity contribution < 1.29 is 14.7 Å². The summed E-state index contributed by atoms with van der Waals surface area (Å²) in [6, 6.07) is 3.48. The van der Waals surface area contributed by atoms with Crippen LogP contribution in [-0.2, 0) is 4.79 Å². The Morgan fingerprint density at radius 3 is 2.87 bits per heavy atom. The van der Waals surface area contributed by atoms with Gasteiger partial charge in [-0.05, 0) is 31.9 Å². The summed E-state index contributed by atoms with van der Waals surface area (Å²) in [7, 11) is 0. The Kier molecular flexibility index (Phi) is 4.70. The van der Waals surface area contributed by atoms with Crippen LogP contribution in [-0.4, -0.2) is 39.5 Å². The van der Waals surface area contributed by atoms with Crippen LogP contribution in [0.1, 0.15) is 34.6 Å². The van der Waals surface area contributed by atoms with Crippen molar-refractivity contribution in [2.24, 2.45) is 0 Å². The molecule has 2 aromatic rings. The lowest BCUT2D eigenvalue weighted by molar-refractivity contribution is -0.137. The Bertz CT molecular complexity index is 756. The summed E-state index contributed by atoms with van der Waals surface area (Å²) >= 11 is 8.73. The van der Waals surface area contributed by atoms with Gasteiger partial charge in [0, 0.05) is 12.6 Å². The van der Waals surface area contributed by atoms with E-state index in [9.17, 15) is 9.59 Å². The van der Waals surface area contributed by atoms with Gasteiger partial charge in [0.05, 0.1) is 21.3 Å². The average Bonchev–Trinajstić information content (AvgIpc) is 3.18. The van der Waals surface area contributed by atoms with Gasteiger partial charge in [0.1, 0.15) is 9.88 Å². The third kappa shape index (κ3) is 3.41. The van der Waals surface area contributed by atoms with E-state index in [0.29, 0.717) is 21.5 Å². The number of hydrogen-bond donors (Lipinski definition) is 1. The smallest absolute Gasteiger partial charge is 0.305 e. The number of thiophene rings is 1. The molecule has 1 unspecified atom stereocenters. The molecule has 8 heteroatoms. The van der Waals surface area contributed by atoms with Crippen LogP contribution in [0.2, 0.25) is 4.34 Å². The van der Waals surface area contributed by atoms with E-state index in [2.05, 4.69) is 4.98 Å². The summed E-state index contributed by atoms with van der Waals surface area (Å²) in [4.78, 5) is 31.4. The average molecular weight is 371 g/mol. The van der Waals surface area contributed by atoms with Crippen molar-refractivity contribution >= 4 is 46.2 Å². The monoisotopic (exact) mass is 370 g/mol. The van der Waals surface area contributed by atoms with Crippen LogP contribution in [0.5, 0.6) is 0 Å². The molecule has 0 aliphatic carbocycles. The zero-order valence-corrected chi connectivity index (χ0v) is 14.8. The Morgan fingerprint density at radius 2 is 2.22 bits per heavy atom. The second kappa shape index (κ2) is 6.59. The number of carboxylic acids is 1. The lowest BCUT2D eigenvalue weighted by Crippen LogP contribution is -2.36. The van der Waals surface area contributed by atoms with Gasteiger partial charge >= 0.3 is 5.97 Å². The third-order valence-corrected chi connectivity index (χ3v) is 6.37. The van der Waals surface area contributed by atoms with Crippen molar-refractivity contribution in [3.8, 4) is 9.88 Å². The van der Waals surface area contributed by atoms with Crippen molar-refractivity contribution in [2.45, 2.75) is 32.2 Å². The molecule has 0 bridgehead atoms. The Morgan fingerprint density at radius 1 is 1.43 bits per heavy atom. The Hall–Kier alpha value is -1.44. The van der Waals surface area contributed by atoms with E-state index >= 15 is 0 Å². The topological polar surface area (TPSA) is 70.5 Å². The van der Waals surface area contributed by atoms with E-state index in [-0.39, 0.29) is 18.4 Å². The van der Waals surface area contributed by atoms with E-state index in [1.165, 1.54) is 22.7 Å². The fourth-order valence-corrected chi connectivity index (χ4v) is 4.90. The van der Waals surface area contributed by atoms with Crippen molar-refractivity contribution in [2.75, 3.05) is 6.54 Å². The maximum atomic E-state index is 12.8. The summed E-state index contributed by atoms with van der Waals surface area (Å²) in [5.41, 5.74) is 0.681. The van der Waals surface area contributed by atoms with Crippen LogP contribution in [0.4, 0.5) is 0 Å². The summed E-state index contributed by atoms with van der Waals surface area (Å²) in [5.74, 6) is -0.984. The van der Waals surface area contributed by atoms with Gasteiger partial charge < -0.3 is 10.0 Å². The largest absolute Gasteiger partial charge is 0.481 e. The number of aliphatic carboxylic acids is 1. The maximum Gasteiger partial charge on any atom is 0.305 e. The first-order chi connectivity index (χ1) is 11.0. The summed E-state index contributed by atoms with van der Waals surface area (Å²) in [6.45, 7) is 2.42. The number of nitrogens with zero attached hydrogens (tertiary/aromatic N) is 2. The van der Waals surface area contributed by atoms with Crippen molar-refractivity contribution in [3.05, 3.63) is 27.0 Å². The molecule has 1 amide bonds. The summed E-state index contributed by atoms with van der Waals surface area (Å²) in [5, 5.41) is 9.77. The van der Waals surface area contributed by atoms with E-state index in [0.717, 1.165) is 22.7 Å². The van der Waals surface area contributed by atoms with E-state index in [1.807, 2.05) is 19.1 Å². The Balaban J connectivity index is 1.85. The number of rotatable bonds is 4. The van der Waals surface area contributed by atoms with Gasteiger partial charge in [-0.15, -0.1) is 22.7 Å². The molecule has 1 fully saturated rings. The number of thiazole rings is 1. The molecule has 1 saturated heterocycles. The minimum absolute atomic E-state index is 0.00299. The second-order valence-corrected chi connectivity index (χ2v) is 8.14. The van der Waals surface area contributed by atoms with Gasteiger partial charge in [-0.1, -0.05) is 11.6 Å². The molecule has 23 heavy (non-hydrogen) atoms. The normalized spacial score (nSPS) is 17.7. The van der Waals surface area contributed by atoms with Gasteiger partial charge in [0.2, 0.25) is 0 Å². The first-order valence-electron chi connectivity index (χ1n) is 7.21. The SMILES string of the molecule is Cc1nc(-c2ccc(Cl)s2)sc1C(=O)N1CCCC1CC(=O)O. The molecule has 0 spiro atoms. The van der Waals surface area contributed by atoms with Crippen molar-refractivity contribution in [3.63, 3.8) is 0 Å². The number of likely N-dealkylation sites (tertiary alicyclic amines) is 1. The number of carbonyl (C=O) groups excluding carboxylic acids is 1. The predicted octanol–water partition coefficient (Wildman–Crippen LogP) is 3.91. The Labute approximate surface area is 146 Å². The molecule has 0 saturated carbocycles. The molecule has 0 aromatic carbocycles. The molecule has 1 aliphatic rings. The fraction of sp³-hybridized carbons (Fsp3) is 0.400. The summed E-state index contributed by atoms with van der Waals surface area (Å²) in [6.07, 6.45) is 1.58. The van der Waals surface area contributed by atoms with Gasteiger partial charge in [0.25, 0.3) is 5.91 Å². The molecule has 1 atom stereocenters. The number of carboxylic acid groups (broad SMARTS) is 1. The lowest BCUT2D eigenvalue weighted by atomic mass is 10.1. The van der Waals surface area contributed by atoms with Gasteiger partial charge in [0.15, 0.2) is 0 Å². The number of amides is 1. The van der Waals surface area contributed by atoms with Crippen LogP contribution < -0.4 is 0 Å². The standard InChI is InChI=1S/C15H15ClN2O3S2/c1-8-13(23-14(17-8)10-4-5-11(16)22-10)15(21)18-6-2-3-9(18)7-12(19)20/h4-5,9H,2-3,6-7H2,1H3,(H,19,20). The van der Waals surface area contributed by atoms with Crippen molar-refractivity contribution in [1.82, 2.24) is 9.88 Å². The molecule has 1 N–H and O–H groups in total. The number of hydrogen-bond acceptors (Lipinski definition) is 5. The molecule has 1 aliphatic heterocycles. The van der Waals surface area contributed by atoms with E-state index in [1.54, 1.807) is 4.90 Å². The van der Waals surface area contributed by atoms with E-state index in [4.69, 9.17) is 16.7 Å². The van der Waals surface area contributed by atoms with Crippen LogP contribution in [0.3, 0.4) is 0 Å². The molecule has 0 radical (unpaired) electrons. The second-order valence-electron chi connectivity index (χ2n) is 5.43. The zero-order valence-electron chi connectivity index (χ0n) is 12.4. The first-order valence-corrected chi connectivity index (χ1v) is 9.22. The summed E-state index contributed by atoms with van der Waals surface area (Å²) < 4.78 is 0.682. The first kappa shape index (κ1) is 16.4. The number of aryl methyl sites for hydroxylation is 1. The molecule has 3 heterocycles. The molecule has 5 nitrogen and oxygen atoms in total. The van der Waals surface area contributed by atoms with Gasteiger partial charge in [-0.3, -0.25) is 9.59 Å². The number of halogens is 1. The highest BCUT2D eigenvalue weighted by Crippen LogP contribution is 2.36.